The minimum Gasteiger partial charge on any atom is -0.256 e. The highest BCUT2D eigenvalue weighted by Gasteiger charge is 2.22. The molecule has 0 radical (unpaired) electrons. The molecule has 166 valence electrons. The number of pyridine rings is 1. The maximum atomic E-state index is 4.35. The van der Waals surface area contributed by atoms with E-state index >= 15 is 0 Å². The summed E-state index contributed by atoms with van der Waals surface area (Å²) in [5.41, 5.74) is 6.96. The Morgan fingerprint density at radius 1 is 0.742 bits per heavy atom. The van der Waals surface area contributed by atoms with Gasteiger partial charge in [-0.25, -0.2) is 0 Å². The molecule has 0 atom stereocenters. The fourth-order valence-electron chi connectivity index (χ4n) is 3.75. The van der Waals surface area contributed by atoms with Crippen molar-refractivity contribution in [3.05, 3.63) is 89.6 Å². The topological polar surface area (TPSA) is 12.9 Å². The van der Waals surface area contributed by atoms with E-state index in [2.05, 4.69) is 95.9 Å². The van der Waals surface area contributed by atoms with Gasteiger partial charge in [0.1, 0.15) is 0 Å². The Balaban J connectivity index is 0.000000231. The fourth-order valence-corrected chi connectivity index (χ4v) is 3.75. The van der Waals surface area contributed by atoms with E-state index in [-0.39, 0.29) is 5.41 Å². The Kier molecular flexibility index (Phi) is 9.04. The van der Waals surface area contributed by atoms with Gasteiger partial charge in [0.05, 0.1) is 5.69 Å². The average Bonchev–Trinajstić information content (AvgIpc) is 2.75. The lowest BCUT2D eigenvalue weighted by Gasteiger charge is -2.28. The van der Waals surface area contributed by atoms with E-state index in [0.717, 1.165) is 5.69 Å². The minimum absolute atomic E-state index is 0.246. The monoisotopic (exact) mass is 415 g/mol. The van der Waals surface area contributed by atoms with E-state index in [9.17, 15) is 0 Å². The van der Waals surface area contributed by atoms with Gasteiger partial charge >= 0.3 is 0 Å². The van der Waals surface area contributed by atoms with E-state index in [0.29, 0.717) is 5.41 Å². The molecular formula is C30H41N. The Morgan fingerprint density at radius 3 is 2.03 bits per heavy atom. The van der Waals surface area contributed by atoms with Crippen LogP contribution in [0.2, 0.25) is 0 Å². The molecule has 1 heteroatoms. The van der Waals surface area contributed by atoms with Gasteiger partial charge in [0.2, 0.25) is 0 Å². The largest absolute Gasteiger partial charge is 0.256 e. The van der Waals surface area contributed by atoms with Crippen molar-refractivity contribution in [3.63, 3.8) is 0 Å². The number of benzene rings is 2. The molecule has 1 heterocycles. The van der Waals surface area contributed by atoms with Crippen LogP contribution in [0.3, 0.4) is 0 Å². The first-order valence-electron chi connectivity index (χ1n) is 11.7. The van der Waals surface area contributed by atoms with Crippen LogP contribution in [0.5, 0.6) is 0 Å². The number of nitrogens with zero attached hydrogens (tertiary/aromatic N) is 1. The van der Waals surface area contributed by atoms with Crippen molar-refractivity contribution in [2.24, 2.45) is 0 Å². The first-order valence-corrected chi connectivity index (χ1v) is 11.7. The predicted molar refractivity (Wildman–Crippen MR) is 137 cm³/mol. The zero-order valence-corrected chi connectivity index (χ0v) is 20.7. The van der Waals surface area contributed by atoms with Crippen molar-refractivity contribution in [1.82, 2.24) is 4.98 Å². The molecule has 3 rings (SSSR count). The molecule has 0 saturated heterocycles. The van der Waals surface area contributed by atoms with Gasteiger partial charge in [-0.05, 0) is 46.9 Å². The van der Waals surface area contributed by atoms with Crippen molar-refractivity contribution >= 4 is 0 Å². The van der Waals surface area contributed by atoms with Crippen molar-refractivity contribution < 1.29 is 0 Å². The number of aromatic nitrogens is 1. The molecule has 3 aromatic rings. The van der Waals surface area contributed by atoms with Crippen LogP contribution in [0.25, 0.3) is 11.3 Å². The van der Waals surface area contributed by atoms with Gasteiger partial charge < -0.3 is 0 Å². The van der Waals surface area contributed by atoms with Gasteiger partial charge in [-0.3, -0.25) is 4.98 Å². The first-order chi connectivity index (χ1) is 14.6. The van der Waals surface area contributed by atoms with Crippen LogP contribution in [0, 0.1) is 6.92 Å². The van der Waals surface area contributed by atoms with Crippen LogP contribution < -0.4 is 0 Å². The van der Waals surface area contributed by atoms with Crippen LogP contribution in [0.15, 0.2) is 72.9 Å². The quantitative estimate of drug-likeness (QED) is 0.366. The maximum absolute atomic E-state index is 4.35. The average molecular weight is 416 g/mol. The molecule has 0 aliphatic heterocycles. The first kappa shape index (κ1) is 24.9. The molecule has 0 bridgehead atoms. The number of rotatable bonds is 6. The van der Waals surface area contributed by atoms with Crippen molar-refractivity contribution in [2.45, 2.75) is 85.0 Å². The predicted octanol–water partition coefficient (Wildman–Crippen LogP) is 8.90. The minimum atomic E-state index is 0.246. The molecule has 2 aromatic carbocycles. The van der Waals surface area contributed by atoms with Gasteiger partial charge in [-0.2, -0.15) is 0 Å². The third-order valence-electron chi connectivity index (χ3n) is 5.97. The van der Waals surface area contributed by atoms with Gasteiger partial charge in [0, 0.05) is 11.8 Å². The molecule has 0 aliphatic carbocycles. The van der Waals surface area contributed by atoms with Gasteiger partial charge in [0.15, 0.2) is 0 Å². The van der Waals surface area contributed by atoms with Crippen molar-refractivity contribution in [3.8, 4) is 11.3 Å². The molecule has 31 heavy (non-hydrogen) atoms. The molecule has 0 aliphatic rings. The SMILES string of the molecule is CCCCCC(C)(C)c1cccc(C(C)(C)C)c1.Cc1cccnc1-c1ccccc1. The van der Waals surface area contributed by atoms with Crippen LogP contribution in [0.4, 0.5) is 0 Å². The van der Waals surface area contributed by atoms with Crippen molar-refractivity contribution in [1.29, 1.82) is 0 Å². The molecule has 0 spiro atoms. The lowest BCUT2D eigenvalue weighted by Crippen LogP contribution is -2.19. The smallest absolute Gasteiger partial charge is 0.0731 e. The second-order valence-corrected chi connectivity index (χ2v) is 10.2. The Morgan fingerprint density at radius 2 is 1.42 bits per heavy atom. The normalized spacial score (nSPS) is 11.6. The zero-order valence-electron chi connectivity index (χ0n) is 20.7. The number of hydrogen-bond donors (Lipinski definition) is 0. The number of unbranched alkanes of at least 4 members (excludes halogenated alkanes) is 2. The highest BCUT2D eigenvalue weighted by Crippen LogP contribution is 2.32. The molecule has 0 unspecified atom stereocenters. The highest BCUT2D eigenvalue weighted by atomic mass is 14.7. The van der Waals surface area contributed by atoms with E-state index in [1.807, 2.05) is 30.5 Å². The summed E-state index contributed by atoms with van der Waals surface area (Å²) in [5.74, 6) is 0. The highest BCUT2D eigenvalue weighted by molar-refractivity contribution is 5.62. The van der Waals surface area contributed by atoms with Crippen LogP contribution in [0.1, 0.15) is 83.9 Å². The van der Waals surface area contributed by atoms with Crippen LogP contribution in [-0.2, 0) is 10.8 Å². The third kappa shape index (κ3) is 7.65. The summed E-state index contributed by atoms with van der Waals surface area (Å²) in [7, 11) is 0. The van der Waals surface area contributed by atoms with Gasteiger partial charge in [-0.15, -0.1) is 0 Å². The Bertz CT molecular complexity index is 916. The molecule has 0 fully saturated rings. The number of hydrogen-bond acceptors (Lipinski definition) is 1. The Hall–Kier alpha value is -2.41. The van der Waals surface area contributed by atoms with E-state index in [4.69, 9.17) is 0 Å². The summed E-state index contributed by atoms with van der Waals surface area (Å²) >= 11 is 0. The molecule has 0 N–H and O–H groups in total. The van der Waals surface area contributed by atoms with Crippen LogP contribution in [-0.4, -0.2) is 4.98 Å². The van der Waals surface area contributed by atoms with E-state index < -0.39 is 0 Å². The standard InChI is InChI=1S/C18H30.C12H11N/c1-7-8-9-13-18(5,6)16-12-10-11-15(14-16)17(2,3)4;1-10-6-5-9-13-12(10)11-7-3-2-4-8-11/h10-12,14H,7-9,13H2,1-6H3;2-9H,1H3. The summed E-state index contributed by atoms with van der Waals surface area (Å²) in [6.07, 6.45) is 7.10. The lowest BCUT2D eigenvalue weighted by molar-refractivity contribution is 0.448. The summed E-state index contributed by atoms with van der Waals surface area (Å²) in [4.78, 5) is 4.35. The van der Waals surface area contributed by atoms with E-state index in [1.165, 1.54) is 47.9 Å². The molecular weight excluding hydrogens is 374 g/mol. The zero-order chi connectivity index (χ0) is 22.9. The molecule has 0 amide bonds. The summed E-state index contributed by atoms with van der Waals surface area (Å²) in [6, 6.07) is 23.5. The van der Waals surface area contributed by atoms with Gasteiger partial charge in [-0.1, -0.05) is 121 Å². The second-order valence-electron chi connectivity index (χ2n) is 10.2. The number of aryl methyl sites for hydroxylation is 1. The Labute approximate surface area is 191 Å². The maximum Gasteiger partial charge on any atom is 0.0731 e. The summed E-state index contributed by atoms with van der Waals surface area (Å²) < 4.78 is 0. The molecule has 1 nitrogen and oxygen atoms in total. The summed E-state index contributed by atoms with van der Waals surface area (Å²) in [5, 5.41) is 0. The van der Waals surface area contributed by atoms with Gasteiger partial charge in [0.25, 0.3) is 0 Å². The summed E-state index contributed by atoms with van der Waals surface area (Å²) in [6.45, 7) is 16.0. The molecule has 1 aromatic heterocycles. The van der Waals surface area contributed by atoms with Crippen LogP contribution >= 0.6 is 0 Å². The fraction of sp³-hybridized carbons (Fsp3) is 0.433. The third-order valence-corrected chi connectivity index (χ3v) is 5.97. The molecule has 0 saturated carbocycles. The van der Waals surface area contributed by atoms with Crippen molar-refractivity contribution in [2.75, 3.05) is 0 Å². The lowest BCUT2D eigenvalue weighted by atomic mass is 9.77. The second kappa shape index (κ2) is 11.3. The van der Waals surface area contributed by atoms with E-state index in [1.54, 1.807) is 0 Å².